The molecule has 2 rings (SSSR count). The van der Waals surface area contributed by atoms with Crippen molar-refractivity contribution in [2.24, 2.45) is 0 Å². The van der Waals surface area contributed by atoms with Gasteiger partial charge in [0.25, 0.3) is 0 Å². The molecule has 0 bridgehead atoms. The Balaban J connectivity index is 1.88. The molecule has 0 saturated carbocycles. The van der Waals surface area contributed by atoms with Crippen LogP contribution in [0.25, 0.3) is 6.08 Å². The summed E-state index contributed by atoms with van der Waals surface area (Å²) in [6.07, 6.45) is 3.16. The van der Waals surface area contributed by atoms with E-state index in [4.69, 9.17) is 4.74 Å². The van der Waals surface area contributed by atoms with Crippen LogP contribution in [-0.2, 0) is 9.53 Å². The Hall–Kier alpha value is -2.75. The van der Waals surface area contributed by atoms with Crippen LogP contribution in [0.2, 0.25) is 0 Å². The van der Waals surface area contributed by atoms with Crippen LogP contribution in [-0.4, -0.2) is 33.3 Å². The number of aryl methyl sites for hydroxylation is 1. The number of rotatable bonds is 7. The zero-order chi connectivity index (χ0) is 17.4. The molecule has 0 aromatic heterocycles. The quantitative estimate of drug-likeness (QED) is 0.575. The van der Waals surface area contributed by atoms with Crippen molar-refractivity contribution in [3.63, 3.8) is 0 Å². The van der Waals surface area contributed by atoms with Gasteiger partial charge in [-0.3, -0.25) is 0 Å². The van der Waals surface area contributed by atoms with Gasteiger partial charge in [0.15, 0.2) is 0 Å². The summed E-state index contributed by atoms with van der Waals surface area (Å²) >= 11 is 0. The molecule has 2 aromatic rings. The molecule has 0 aliphatic rings. The number of para-hydroxylation sites is 1. The molecule has 0 spiro atoms. The standard InChI is InChI=1S/C20H23NO3/c1-16-15-19(11-9-17(16)10-12-20(22)23-3)24-14-13-21(2)18-7-5-4-6-8-18/h4-12,15H,13-14H2,1-3H3/b12-10+. The van der Waals surface area contributed by atoms with Gasteiger partial charge < -0.3 is 14.4 Å². The van der Waals surface area contributed by atoms with E-state index in [2.05, 4.69) is 21.8 Å². The van der Waals surface area contributed by atoms with E-state index in [0.717, 1.165) is 23.4 Å². The van der Waals surface area contributed by atoms with Crippen LogP contribution in [0.1, 0.15) is 11.1 Å². The van der Waals surface area contributed by atoms with Crippen LogP contribution in [0.3, 0.4) is 0 Å². The molecule has 0 amide bonds. The zero-order valence-electron chi connectivity index (χ0n) is 14.4. The van der Waals surface area contributed by atoms with Gasteiger partial charge in [0, 0.05) is 18.8 Å². The zero-order valence-corrected chi connectivity index (χ0v) is 14.4. The molecule has 0 fully saturated rings. The summed E-state index contributed by atoms with van der Waals surface area (Å²) in [6.45, 7) is 3.38. The van der Waals surface area contributed by atoms with E-state index in [-0.39, 0.29) is 5.97 Å². The number of likely N-dealkylation sites (N-methyl/N-ethyl adjacent to an activating group) is 1. The van der Waals surface area contributed by atoms with Crippen LogP contribution < -0.4 is 9.64 Å². The summed E-state index contributed by atoms with van der Waals surface area (Å²) in [5, 5.41) is 0. The third-order valence-corrected chi connectivity index (χ3v) is 3.73. The molecule has 0 saturated heterocycles. The number of carbonyl (C=O) groups excluding carboxylic acids is 1. The SMILES string of the molecule is COC(=O)/C=C/c1ccc(OCCN(C)c2ccccc2)cc1C. The fraction of sp³-hybridized carbons (Fsp3) is 0.250. The average molecular weight is 325 g/mol. The van der Waals surface area contributed by atoms with E-state index >= 15 is 0 Å². The highest BCUT2D eigenvalue weighted by atomic mass is 16.5. The highest BCUT2D eigenvalue weighted by Gasteiger charge is 2.02. The molecule has 4 heteroatoms. The van der Waals surface area contributed by atoms with Crippen molar-refractivity contribution in [1.29, 1.82) is 0 Å². The fourth-order valence-electron chi connectivity index (χ4n) is 2.26. The van der Waals surface area contributed by atoms with Gasteiger partial charge in [-0.25, -0.2) is 4.79 Å². The van der Waals surface area contributed by atoms with E-state index in [1.165, 1.54) is 18.9 Å². The lowest BCUT2D eigenvalue weighted by atomic mass is 10.1. The summed E-state index contributed by atoms with van der Waals surface area (Å²) < 4.78 is 10.4. The van der Waals surface area contributed by atoms with Gasteiger partial charge in [-0.1, -0.05) is 24.3 Å². The van der Waals surface area contributed by atoms with Crippen LogP contribution in [0.15, 0.2) is 54.6 Å². The molecule has 0 aliphatic heterocycles. The maximum atomic E-state index is 11.1. The molecule has 2 aromatic carbocycles. The van der Waals surface area contributed by atoms with Crippen molar-refractivity contribution >= 4 is 17.7 Å². The number of nitrogens with zero attached hydrogens (tertiary/aromatic N) is 1. The van der Waals surface area contributed by atoms with Gasteiger partial charge in [-0.05, 0) is 48.4 Å². The minimum atomic E-state index is -0.362. The summed E-state index contributed by atoms with van der Waals surface area (Å²) in [6, 6.07) is 16.0. The third-order valence-electron chi connectivity index (χ3n) is 3.73. The van der Waals surface area contributed by atoms with Crippen molar-refractivity contribution in [2.45, 2.75) is 6.92 Å². The second kappa shape index (κ2) is 8.77. The second-order valence-electron chi connectivity index (χ2n) is 5.48. The molecule has 0 atom stereocenters. The Morgan fingerprint density at radius 3 is 2.58 bits per heavy atom. The lowest BCUT2D eigenvalue weighted by molar-refractivity contribution is -0.134. The summed E-state index contributed by atoms with van der Waals surface area (Å²) in [5.41, 5.74) is 3.18. The Morgan fingerprint density at radius 2 is 1.92 bits per heavy atom. The topological polar surface area (TPSA) is 38.8 Å². The Labute approximate surface area is 143 Å². The molecule has 0 heterocycles. The van der Waals surface area contributed by atoms with Crippen LogP contribution in [0, 0.1) is 6.92 Å². The number of anilines is 1. The molecule has 0 unspecified atom stereocenters. The molecule has 126 valence electrons. The van der Waals surface area contributed by atoms with E-state index in [0.29, 0.717) is 6.61 Å². The monoisotopic (exact) mass is 325 g/mol. The molecule has 0 aliphatic carbocycles. The molecule has 24 heavy (non-hydrogen) atoms. The number of ether oxygens (including phenoxy) is 2. The van der Waals surface area contributed by atoms with E-state index in [1.807, 2.05) is 50.4 Å². The van der Waals surface area contributed by atoms with Gasteiger partial charge in [0.2, 0.25) is 0 Å². The van der Waals surface area contributed by atoms with E-state index in [1.54, 1.807) is 6.08 Å². The third kappa shape index (κ3) is 5.16. The summed E-state index contributed by atoms with van der Waals surface area (Å²) in [7, 11) is 3.41. The van der Waals surface area contributed by atoms with Gasteiger partial charge in [-0.15, -0.1) is 0 Å². The summed E-state index contributed by atoms with van der Waals surface area (Å²) in [4.78, 5) is 13.3. The highest BCUT2D eigenvalue weighted by Crippen LogP contribution is 2.19. The predicted molar refractivity (Wildman–Crippen MR) is 97.4 cm³/mol. The van der Waals surface area contributed by atoms with Crippen molar-refractivity contribution in [3.05, 3.63) is 65.7 Å². The number of methoxy groups -OCH3 is 1. The lowest BCUT2D eigenvalue weighted by Gasteiger charge is -2.19. The fourth-order valence-corrected chi connectivity index (χ4v) is 2.26. The predicted octanol–water partition coefficient (Wildman–Crippen LogP) is 3.70. The maximum Gasteiger partial charge on any atom is 0.330 e. The molecule has 0 radical (unpaired) electrons. The smallest absolute Gasteiger partial charge is 0.330 e. The lowest BCUT2D eigenvalue weighted by Crippen LogP contribution is -2.23. The number of hydrogen-bond acceptors (Lipinski definition) is 4. The van der Waals surface area contributed by atoms with Crippen molar-refractivity contribution in [2.75, 3.05) is 32.2 Å². The summed E-state index contributed by atoms with van der Waals surface area (Å²) in [5.74, 6) is 0.461. The van der Waals surface area contributed by atoms with Crippen molar-refractivity contribution in [3.8, 4) is 5.75 Å². The number of carbonyl (C=O) groups is 1. The van der Waals surface area contributed by atoms with Gasteiger partial charge in [0.05, 0.1) is 13.7 Å². The van der Waals surface area contributed by atoms with Crippen molar-refractivity contribution < 1.29 is 14.3 Å². The first-order chi connectivity index (χ1) is 11.6. The first-order valence-corrected chi connectivity index (χ1v) is 7.86. The van der Waals surface area contributed by atoms with Crippen LogP contribution >= 0.6 is 0 Å². The molecule has 0 N–H and O–H groups in total. The molecular formula is C20H23NO3. The minimum Gasteiger partial charge on any atom is -0.492 e. The Morgan fingerprint density at radius 1 is 1.17 bits per heavy atom. The van der Waals surface area contributed by atoms with Gasteiger partial charge >= 0.3 is 5.97 Å². The van der Waals surface area contributed by atoms with E-state index in [9.17, 15) is 4.79 Å². The normalized spacial score (nSPS) is 10.6. The van der Waals surface area contributed by atoms with Gasteiger partial charge in [0.1, 0.15) is 12.4 Å². The molecular weight excluding hydrogens is 302 g/mol. The largest absolute Gasteiger partial charge is 0.492 e. The first kappa shape index (κ1) is 17.6. The molecule has 4 nitrogen and oxygen atoms in total. The van der Waals surface area contributed by atoms with Crippen LogP contribution in [0.4, 0.5) is 5.69 Å². The highest BCUT2D eigenvalue weighted by molar-refractivity contribution is 5.87. The average Bonchev–Trinajstić information content (AvgIpc) is 2.61. The number of benzene rings is 2. The Bertz CT molecular complexity index is 695. The van der Waals surface area contributed by atoms with Crippen LogP contribution in [0.5, 0.6) is 5.75 Å². The second-order valence-corrected chi connectivity index (χ2v) is 5.48. The van der Waals surface area contributed by atoms with E-state index < -0.39 is 0 Å². The Kier molecular flexibility index (Phi) is 6.43. The number of esters is 1. The first-order valence-electron chi connectivity index (χ1n) is 7.86. The van der Waals surface area contributed by atoms with Gasteiger partial charge in [-0.2, -0.15) is 0 Å². The van der Waals surface area contributed by atoms with Crippen molar-refractivity contribution in [1.82, 2.24) is 0 Å². The maximum absolute atomic E-state index is 11.1. The number of hydrogen-bond donors (Lipinski definition) is 0. The minimum absolute atomic E-state index is 0.362.